The van der Waals surface area contributed by atoms with Crippen LogP contribution in [0.1, 0.15) is 240 Å². The summed E-state index contributed by atoms with van der Waals surface area (Å²) in [7, 11) is 0. The molecule has 0 fully saturated rings. The molecule has 0 saturated heterocycles. The molecule has 0 amide bonds. The van der Waals surface area contributed by atoms with Crippen molar-refractivity contribution >= 4 is 17.9 Å². The average molecular weight is 723 g/mol. The van der Waals surface area contributed by atoms with E-state index in [2.05, 4.69) is 34.6 Å². The molecule has 0 aromatic heterocycles. The highest BCUT2D eigenvalue weighted by Gasteiger charge is 2.19. The predicted octanol–water partition coefficient (Wildman–Crippen LogP) is 13.8. The molecule has 51 heavy (non-hydrogen) atoms. The van der Waals surface area contributed by atoms with Crippen molar-refractivity contribution in [2.24, 2.45) is 11.8 Å². The Morgan fingerprint density at radius 2 is 0.745 bits per heavy atom. The molecule has 1 unspecified atom stereocenters. The maximum absolute atomic E-state index is 12.5. The normalized spacial score (nSPS) is 12.6. The van der Waals surface area contributed by atoms with E-state index in [0.717, 1.165) is 76.0 Å². The van der Waals surface area contributed by atoms with Gasteiger partial charge in [0.05, 0.1) is 0 Å². The molecule has 6 heteroatoms. The van der Waals surface area contributed by atoms with Gasteiger partial charge in [0.15, 0.2) is 6.10 Å². The second-order valence-corrected chi connectivity index (χ2v) is 16.1. The average Bonchev–Trinajstić information content (AvgIpc) is 3.11. The summed E-state index contributed by atoms with van der Waals surface area (Å²) < 4.78 is 16.6. The lowest BCUT2D eigenvalue weighted by Crippen LogP contribution is -2.30. The first-order chi connectivity index (χ1) is 24.8. The van der Waals surface area contributed by atoms with Gasteiger partial charge in [-0.1, -0.05) is 202 Å². The van der Waals surface area contributed by atoms with Crippen LogP contribution >= 0.6 is 0 Å². The Bertz CT molecular complexity index is 781. The van der Waals surface area contributed by atoms with E-state index < -0.39 is 6.10 Å². The van der Waals surface area contributed by atoms with E-state index in [9.17, 15) is 14.4 Å². The molecule has 0 aliphatic heterocycles. The highest BCUT2D eigenvalue weighted by Crippen LogP contribution is 2.17. The van der Waals surface area contributed by atoms with Crippen molar-refractivity contribution in [3.05, 3.63) is 0 Å². The van der Waals surface area contributed by atoms with Crippen molar-refractivity contribution in [3.8, 4) is 0 Å². The highest BCUT2D eigenvalue weighted by molar-refractivity contribution is 5.71. The SMILES string of the molecule is CCCCCCCC(=O)O[C@H](COC(=O)CCCCCCCCCCCCCCCCC(C)CC)COC(=O)CCCCCCCCCC(C)C. The third-order valence-electron chi connectivity index (χ3n) is 10.3. The van der Waals surface area contributed by atoms with Crippen LogP contribution in [0.3, 0.4) is 0 Å². The van der Waals surface area contributed by atoms with Crippen LogP contribution in [-0.4, -0.2) is 37.2 Å². The second kappa shape index (κ2) is 38.1. The maximum Gasteiger partial charge on any atom is 0.306 e. The summed E-state index contributed by atoms with van der Waals surface area (Å²) in [5.41, 5.74) is 0. The Morgan fingerprint density at radius 3 is 1.12 bits per heavy atom. The Labute approximate surface area is 317 Å². The van der Waals surface area contributed by atoms with Gasteiger partial charge in [0.1, 0.15) is 13.2 Å². The van der Waals surface area contributed by atoms with Crippen molar-refractivity contribution in [2.45, 2.75) is 246 Å². The molecule has 0 radical (unpaired) electrons. The summed E-state index contributed by atoms with van der Waals surface area (Å²) in [5, 5.41) is 0. The van der Waals surface area contributed by atoms with Crippen LogP contribution in [0.4, 0.5) is 0 Å². The number of rotatable bonds is 39. The molecule has 0 aliphatic rings. The first-order valence-corrected chi connectivity index (χ1v) is 22.3. The van der Waals surface area contributed by atoms with E-state index in [4.69, 9.17) is 14.2 Å². The van der Waals surface area contributed by atoms with Gasteiger partial charge in [-0.2, -0.15) is 0 Å². The second-order valence-electron chi connectivity index (χ2n) is 16.1. The topological polar surface area (TPSA) is 78.9 Å². The van der Waals surface area contributed by atoms with Gasteiger partial charge in [0.25, 0.3) is 0 Å². The monoisotopic (exact) mass is 723 g/mol. The number of carbonyl (C=O) groups excluding carboxylic acids is 3. The van der Waals surface area contributed by atoms with Crippen LogP contribution in [0.25, 0.3) is 0 Å². The van der Waals surface area contributed by atoms with E-state index >= 15 is 0 Å². The van der Waals surface area contributed by atoms with Crippen molar-refractivity contribution < 1.29 is 28.6 Å². The van der Waals surface area contributed by atoms with Gasteiger partial charge >= 0.3 is 17.9 Å². The standard InChI is InChI=1S/C45H86O6/c1-6-8-9-23-32-37-45(48)51-42(39-50-44(47)36-31-27-22-18-19-24-28-33-40(3)4)38-49-43(46)35-30-26-21-17-15-13-11-10-12-14-16-20-25-29-34-41(5)7-2/h40-42H,6-39H2,1-5H3/t41?,42-/m1/s1. The zero-order valence-corrected chi connectivity index (χ0v) is 34.7. The summed E-state index contributed by atoms with van der Waals surface area (Å²) in [6.45, 7) is 11.2. The van der Waals surface area contributed by atoms with Gasteiger partial charge in [0, 0.05) is 19.3 Å². The van der Waals surface area contributed by atoms with Crippen LogP contribution in [-0.2, 0) is 28.6 Å². The summed E-state index contributed by atoms with van der Waals surface area (Å²) >= 11 is 0. The summed E-state index contributed by atoms with van der Waals surface area (Å²) in [6.07, 6.45) is 35.5. The van der Waals surface area contributed by atoms with Gasteiger partial charge in [-0.25, -0.2) is 0 Å². The Hall–Kier alpha value is -1.59. The van der Waals surface area contributed by atoms with E-state index in [-0.39, 0.29) is 31.1 Å². The Balaban J connectivity index is 4.10. The Kier molecular flexibility index (Phi) is 37.0. The van der Waals surface area contributed by atoms with Crippen LogP contribution in [0.5, 0.6) is 0 Å². The minimum atomic E-state index is -0.758. The van der Waals surface area contributed by atoms with Crippen molar-refractivity contribution in [1.82, 2.24) is 0 Å². The third kappa shape index (κ3) is 38.0. The molecule has 0 heterocycles. The number of hydrogen-bond acceptors (Lipinski definition) is 6. The zero-order valence-electron chi connectivity index (χ0n) is 34.7. The fourth-order valence-electron chi connectivity index (χ4n) is 6.54. The zero-order chi connectivity index (χ0) is 37.6. The molecule has 0 aromatic rings. The Morgan fingerprint density at radius 1 is 0.412 bits per heavy atom. The highest BCUT2D eigenvalue weighted by atomic mass is 16.6. The minimum absolute atomic E-state index is 0.0667. The van der Waals surface area contributed by atoms with E-state index in [1.807, 2.05) is 0 Å². The van der Waals surface area contributed by atoms with Crippen molar-refractivity contribution in [3.63, 3.8) is 0 Å². The number of carbonyl (C=O) groups is 3. The maximum atomic E-state index is 12.5. The first kappa shape index (κ1) is 49.4. The van der Waals surface area contributed by atoms with Gasteiger partial charge in [-0.3, -0.25) is 14.4 Å². The molecule has 0 bridgehead atoms. The lowest BCUT2D eigenvalue weighted by molar-refractivity contribution is -0.167. The van der Waals surface area contributed by atoms with Crippen molar-refractivity contribution in [2.75, 3.05) is 13.2 Å². The fraction of sp³-hybridized carbons (Fsp3) is 0.933. The summed E-state index contributed by atoms with van der Waals surface area (Å²) in [5.74, 6) is 0.802. The largest absolute Gasteiger partial charge is 0.462 e. The molecule has 0 spiro atoms. The van der Waals surface area contributed by atoms with Crippen LogP contribution in [0.15, 0.2) is 0 Å². The quantitative estimate of drug-likeness (QED) is 0.0357. The minimum Gasteiger partial charge on any atom is -0.462 e. The number of ether oxygens (including phenoxy) is 3. The predicted molar refractivity (Wildman–Crippen MR) is 215 cm³/mol. The summed E-state index contributed by atoms with van der Waals surface area (Å²) in [4.78, 5) is 37.4. The molecule has 0 N–H and O–H groups in total. The molecule has 0 saturated carbocycles. The number of unbranched alkanes of at least 4 members (excludes halogenated alkanes) is 23. The van der Waals surface area contributed by atoms with E-state index in [1.54, 1.807) is 0 Å². The fourth-order valence-corrected chi connectivity index (χ4v) is 6.54. The van der Waals surface area contributed by atoms with Crippen LogP contribution < -0.4 is 0 Å². The van der Waals surface area contributed by atoms with Crippen molar-refractivity contribution in [1.29, 1.82) is 0 Å². The van der Waals surface area contributed by atoms with Gasteiger partial charge in [-0.15, -0.1) is 0 Å². The lowest BCUT2D eigenvalue weighted by Gasteiger charge is -2.18. The third-order valence-corrected chi connectivity index (χ3v) is 10.3. The van der Waals surface area contributed by atoms with Gasteiger partial charge in [-0.05, 0) is 31.1 Å². The molecular weight excluding hydrogens is 636 g/mol. The number of hydrogen-bond donors (Lipinski definition) is 0. The van der Waals surface area contributed by atoms with Gasteiger partial charge in [0.2, 0.25) is 0 Å². The van der Waals surface area contributed by atoms with Crippen LogP contribution in [0.2, 0.25) is 0 Å². The lowest BCUT2D eigenvalue weighted by atomic mass is 9.99. The van der Waals surface area contributed by atoms with Gasteiger partial charge < -0.3 is 14.2 Å². The molecule has 2 atom stereocenters. The number of esters is 3. The van der Waals surface area contributed by atoms with E-state index in [0.29, 0.717) is 19.3 Å². The molecule has 6 nitrogen and oxygen atoms in total. The first-order valence-electron chi connectivity index (χ1n) is 22.3. The van der Waals surface area contributed by atoms with Crippen LogP contribution in [0, 0.1) is 11.8 Å². The molecule has 0 rings (SSSR count). The molecular formula is C45H86O6. The summed E-state index contributed by atoms with van der Waals surface area (Å²) in [6, 6.07) is 0. The molecule has 0 aliphatic carbocycles. The molecule has 302 valence electrons. The molecule has 0 aromatic carbocycles. The van der Waals surface area contributed by atoms with E-state index in [1.165, 1.54) is 122 Å². The smallest absolute Gasteiger partial charge is 0.306 e.